The van der Waals surface area contributed by atoms with Crippen LogP contribution < -0.4 is 19.8 Å². The average molecular weight is 438 g/mol. The van der Waals surface area contributed by atoms with Gasteiger partial charge in [0.1, 0.15) is 42.9 Å². The van der Waals surface area contributed by atoms with Crippen LogP contribution in [0.25, 0.3) is 5.69 Å². The highest BCUT2D eigenvalue weighted by Crippen LogP contribution is 2.16. The Labute approximate surface area is 186 Å². The molecular weight excluding hydrogens is 411 g/mol. The maximum absolute atomic E-state index is 12.9. The Kier molecular flexibility index (Phi) is 7.40. The van der Waals surface area contributed by atoms with E-state index in [1.54, 1.807) is 29.0 Å². The van der Waals surface area contributed by atoms with Crippen molar-refractivity contribution < 1.29 is 18.6 Å². The quantitative estimate of drug-likeness (QED) is 0.449. The minimum atomic E-state index is -0.311. The van der Waals surface area contributed by atoms with Gasteiger partial charge in [-0.25, -0.2) is 4.39 Å². The van der Waals surface area contributed by atoms with Crippen LogP contribution in [0.3, 0.4) is 0 Å². The molecule has 0 unspecified atom stereocenters. The predicted octanol–water partition coefficient (Wildman–Crippen LogP) is 3.91. The number of ether oxygens (including phenoxy) is 3. The van der Waals surface area contributed by atoms with Crippen molar-refractivity contribution in [3.8, 4) is 22.9 Å². The van der Waals surface area contributed by atoms with Crippen molar-refractivity contribution in [3.63, 3.8) is 0 Å². The van der Waals surface area contributed by atoms with Crippen LogP contribution in [0, 0.1) is 5.82 Å². The van der Waals surface area contributed by atoms with Crippen LogP contribution in [0.4, 0.5) is 4.39 Å². The van der Waals surface area contributed by atoms with Gasteiger partial charge >= 0.3 is 0 Å². The van der Waals surface area contributed by atoms with Crippen molar-refractivity contribution in [1.82, 2.24) is 9.47 Å². The summed E-state index contributed by atoms with van der Waals surface area (Å²) in [5, 5.41) is 0. The van der Waals surface area contributed by atoms with Gasteiger partial charge in [-0.1, -0.05) is 0 Å². The standard InChI is InChI=1S/C25H27FN2O4/c26-20-3-7-22(8-4-20)31-17-18-32-24-11-14-28(25(29)19-24)21-5-9-23(10-6-21)30-16-15-27-12-1-2-13-27/h3-11,14,19H,1-2,12-13,15-18H2. The lowest BCUT2D eigenvalue weighted by Crippen LogP contribution is -2.25. The molecule has 2 heterocycles. The Bertz CT molecular complexity index is 1040. The second-order valence-electron chi connectivity index (χ2n) is 7.61. The third kappa shape index (κ3) is 6.11. The molecule has 0 radical (unpaired) electrons. The molecule has 0 N–H and O–H groups in total. The summed E-state index contributed by atoms with van der Waals surface area (Å²) in [5.74, 6) is 1.51. The lowest BCUT2D eigenvalue weighted by Gasteiger charge is -2.15. The molecule has 7 heteroatoms. The molecule has 0 saturated carbocycles. The average Bonchev–Trinajstić information content (AvgIpc) is 3.32. The molecule has 168 valence electrons. The predicted molar refractivity (Wildman–Crippen MR) is 121 cm³/mol. The summed E-state index contributed by atoms with van der Waals surface area (Å²) in [7, 11) is 0. The first-order valence-electron chi connectivity index (χ1n) is 10.9. The summed E-state index contributed by atoms with van der Waals surface area (Å²) in [4.78, 5) is 14.9. The third-order valence-corrected chi connectivity index (χ3v) is 5.32. The van der Waals surface area contributed by atoms with Gasteiger partial charge in [0.25, 0.3) is 5.56 Å². The largest absolute Gasteiger partial charge is 0.492 e. The summed E-state index contributed by atoms with van der Waals surface area (Å²) in [6.45, 7) is 4.48. The van der Waals surface area contributed by atoms with Crippen LogP contribution in [-0.4, -0.2) is 48.9 Å². The number of hydrogen-bond donors (Lipinski definition) is 0. The number of halogens is 1. The van der Waals surface area contributed by atoms with E-state index in [-0.39, 0.29) is 24.6 Å². The summed E-state index contributed by atoms with van der Waals surface area (Å²) in [5.41, 5.74) is 0.567. The lowest BCUT2D eigenvalue weighted by molar-refractivity contribution is 0.216. The van der Waals surface area contributed by atoms with E-state index >= 15 is 0 Å². The normalized spacial score (nSPS) is 13.8. The number of pyridine rings is 1. The number of hydrogen-bond acceptors (Lipinski definition) is 5. The monoisotopic (exact) mass is 438 g/mol. The number of likely N-dealkylation sites (tertiary alicyclic amines) is 1. The van der Waals surface area contributed by atoms with Crippen molar-refractivity contribution in [2.45, 2.75) is 12.8 Å². The maximum atomic E-state index is 12.9. The van der Waals surface area contributed by atoms with Crippen molar-refractivity contribution >= 4 is 0 Å². The second kappa shape index (κ2) is 10.8. The van der Waals surface area contributed by atoms with Gasteiger partial charge in [0.2, 0.25) is 0 Å². The van der Waals surface area contributed by atoms with E-state index in [1.165, 1.54) is 31.0 Å². The fourth-order valence-corrected chi connectivity index (χ4v) is 3.62. The molecule has 1 aromatic heterocycles. The molecule has 4 rings (SSSR count). The van der Waals surface area contributed by atoms with Crippen LogP contribution in [0.1, 0.15) is 12.8 Å². The Morgan fingerprint density at radius 1 is 0.750 bits per heavy atom. The van der Waals surface area contributed by atoms with E-state index in [0.717, 1.165) is 31.1 Å². The Morgan fingerprint density at radius 2 is 1.34 bits per heavy atom. The van der Waals surface area contributed by atoms with Gasteiger partial charge in [0.05, 0.1) is 0 Å². The van der Waals surface area contributed by atoms with Crippen LogP contribution in [0.5, 0.6) is 17.2 Å². The number of benzene rings is 2. The molecule has 0 aliphatic carbocycles. The van der Waals surface area contributed by atoms with E-state index in [2.05, 4.69) is 4.90 Å². The van der Waals surface area contributed by atoms with Gasteiger partial charge in [0, 0.05) is 24.5 Å². The van der Waals surface area contributed by atoms with E-state index in [9.17, 15) is 9.18 Å². The van der Waals surface area contributed by atoms with Crippen LogP contribution >= 0.6 is 0 Å². The molecule has 2 aromatic carbocycles. The summed E-state index contributed by atoms with van der Waals surface area (Å²) >= 11 is 0. The van der Waals surface area contributed by atoms with Crippen LogP contribution in [0.15, 0.2) is 71.7 Å². The Hall–Kier alpha value is -3.32. The van der Waals surface area contributed by atoms with Crippen molar-refractivity contribution in [1.29, 1.82) is 0 Å². The highest BCUT2D eigenvalue weighted by Gasteiger charge is 2.10. The Morgan fingerprint density at radius 3 is 2.00 bits per heavy atom. The molecule has 1 aliphatic rings. The van der Waals surface area contributed by atoms with Crippen LogP contribution in [-0.2, 0) is 0 Å². The molecule has 0 bridgehead atoms. The first-order chi connectivity index (χ1) is 15.7. The minimum Gasteiger partial charge on any atom is -0.492 e. The first-order valence-corrected chi connectivity index (χ1v) is 10.9. The van der Waals surface area contributed by atoms with E-state index in [1.807, 2.05) is 24.3 Å². The third-order valence-electron chi connectivity index (χ3n) is 5.32. The molecule has 0 atom stereocenters. The highest BCUT2D eigenvalue weighted by atomic mass is 19.1. The smallest absolute Gasteiger partial charge is 0.258 e. The molecule has 1 saturated heterocycles. The summed E-state index contributed by atoms with van der Waals surface area (Å²) in [6, 6.07) is 16.4. The van der Waals surface area contributed by atoms with Crippen LogP contribution in [0.2, 0.25) is 0 Å². The van der Waals surface area contributed by atoms with Crippen molar-refractivity contribution in [2.75, 3.05) is 39.5 Å². The number of rotatable bonds is 10. The van der Waals surface area contributed by atoms with Gasteiger partial charge in [-0.2, -0.15) is 0 Å². The van der Waals surface area contributed by atoms with E-state index < -0.39 is 0 Å². The van der Waals surface area contributed by atoms with Gasteiger partial charge in [0.15, 0.2) is 0 Å². The zero-order valence-electron chi connectivity index (χ0n) is 17.9. The Balaban J connectivity index is 1.25. The summed E-state index contributed by atoms with van der Waals surface area (Å²) in [6.07, 6.45) is 4.23. The SMILES string of the molecule is O=c1cc(OCCOc2ccc(F)cc2)ccn1-c1ccc(OCCN2CCCC2)cc1. The zero-order chi connectivity index (χ0) is 22.2. The molecule has 0 spiro atoms. The highest BCUT2D eigenvalue weighted by molar-refractivity contribution is 5.38. The molecule has 0 amide bonds. The molecule has 1 fully saturated rings. The number of aromatic nitrogens is 1. The van der Waals surface area contributed by atoms with Crippen molar-refractivity contribution in [2.24, 2.45) is 0 Å². The zero-order valence-corrected chi connectivity index (χ0v) is 17.9. The molecular formula is C25H27FN2O4. The van der Waals surface area contributed by atoms with E-state index in [4.69, 9.17) is 14.2 Å². The molecule has 32 heavy (non-hydrogen) atoms. The van der Waals surface area contributed by atoms with Crippen molar-refractivity contribution in [3.05, 3.63) is 83.0 Å². The topological polar surface area (TPSA) is 52.9 Å². The second-order valence-corrected chi connectivity index (χ2v) is 7.61. The van der Waals surface area contributed by atoms with Gasteiger partial charge in [-0.05, 0) is 80.5 Å². The summed E-state index contributed by atoms with van der Waals surface area (Å²) < 4.78 is 31.3. The van der Waals surface area contributed by atoms with Gasteiger partial charge in [-0.15, -0.1) is 0 Å². The lowest BCUT2D eigenvalue weighted by atomic mass is 10.3. The molecule has 1 aliphatic heterocycles. The fourth-order valence-electron chi connectivity index (χ4n) is 3.62. The van der Waals surface area contributed by atoms with Gasteiger partial charge < -0.3 is 14.2 Å². The molecule has 6 nitrogen and oxygen atoms in total. The molecule has 3 aromatic rings. The number of nitrogens with zero attached hydrogens (tertiary/aromatic N) is 2. The van der Waals surface area contributed by atoms with E-state index in [0.29, 0.717) is 18.1 Å². The minimum absolute atomic E-state index is 0.190. The van der Waals surface area contributed by atoms with Gasteiger partial charge in [-0.3, -0.25) is 14.3 Å². The first kappa shape index (κ1) is 21.9. The fraction of sp³-hybridized carbons (Fsp3) is 0.320. The maximum Gasteiger partial charge on any atom is 0.258 e.